The molecule has 1 amide bonds. The summed E-state index contributed by atoms with van der Waals surface area (Å²) in [6.07, 6.45) is 1.61. The van der Waals surface area contributed by atoms with Crippen molar-refractivity contribution in [2.24, 2.45) is 0 Å². The van der Waals surface area contributed by atoms with Crippen LogP contribution < -0.4 is 9.64 Å². The van der Waals surface area contributed by atoms with Crippen LogP contribution in [0.5, 0.6) is 5.75 Å². The van der Waals surface area contributed by atoms with Gasteiger partial charge in [0.15, 0.2) is 5.13 Å². The van der Waals surface area contributed by atoms with Crippen molar-refractivity contribution in [3.63, 3.8) is 0 Å². The third-order valence-electron chi connectivity index (χ3n) is 4.31. The molecule has 2 heterocycles. The van der Waals surface area contributed by atoms with E-state index in [2.05, 4.69) is 0 Å². The first-order valence-corrected chi connectivity index (χ1v) is 9.90. The number of hydrogen-bond acceptors (Lipinski definition) is 5. The average Bonchev–Trinajstić information content (AvgIpc) is 3.36. The van der Waals surface area contributed by atoms with Crippen LogP contribution in [0.15, 0.2) is 65.3 Å². The van der Waals surface area contributed by atoms with E-state index < -0.39 is 0 Å². The van der Waals surface area contributed by atoms with Gasteiger partial charge in [-0.2, -0.15) is 0 Å². The van der Waals surface area contributed by atoms with Gasteiger partial charge in [-0.15, -0.1) is 0 Å². The molecule has 0 aliphatic heterocycles. The fourth-order valence-corrected chi connectivity index (χ4v) is 4.00. The zero-order valence-corrected chi connectivity index (χ0v) is 16.5. The number of para-hydroxylation sites is 1. The number of thiazole rings is 1. The Hall–Kier alpha value is -3.12. The van der Waals surface area contributed by atoms with Crippen LogP contribution in [-0.2, 0) is 6.54 Å². The summed E-state index contributed by atoms with van der Waals surface area (Å²) >= 11 is 1.47. The number of benzene rings is 2. The van der Waals surface area contributed by atoms with Gasteiger partial charge in [0.05, 0.1) is 24.1 Å². The first kappa shape index (κ1) is 18.3. The Morgan fingerprint density at radius 2 is 2.04 bits per heavy atom. The van der Waals surface area contributed by atoms with Gasteiger partial charge in [0, 0.05) is 5.56 Å². The second kappa shape index (κ2) is 7.86. The SMILES string of the molecule is CCOc1cccc2sc(N(Cc3ccco3)C(=O)c3cccc(C)c3)nc12. The summed E-state index contributed by atoms with van der Waals surface area (Å²) in [6.45, 7) is 4.78. The van der Waals surface area contributed by atoms with Crippen molar-refractivity contribution in [1.29, 1.82) is 0 Å². The predicted molar refractivity (Wildman–Crippen MR) is 111 cm³/mol. The predicted octanol–water partition coefficient (Wildman–Crippen LogP) is 5.44. The summed E-state index contributed by atoms with van der Waals surface area (Å²) in [4.78, 5) is 19.7. The van der Waals surface area contributed by atoms with Crippen molar-refractivity contribution in [2.75, 3.05) is 11.5 Å². The topological polar surface area (TPSA) is 55.6 Å². The molecule has 0 N–H and O–H groups in total. The molecule has 6 heteroatoms. The second-order valence-corrected chi connectivity index (χ2v) is 7.38. The molecule has 5 nitrogen and oxygen atoms in total. The highest BCUT2D eigenvalue weighted by Gasteiger charge is 2.23. The molecule has 4 aromatic rings. The van der Waals surface area contributed by atoms with Crippen LogP contribution in [-0.4, -0.2) is 17.5 Å². The number of aryl methyl sites for hydroxylation is 1. The van der Waals surface area contributed by atoms with Crippen LogP contribution >= 0.6 is 11.3 Å². The van der Waals surface area contributed by atoms with Crippen molar-refractivity contribution in [3.8, 4) is 5.75 Å². The van der Waals surface area contributed by atoms with Crippen LogP contribution in [0, 0.1) is 6.92 Å². The third-order valence-corrected chi connectivity index (χ3v) is 5.35. The maximum absolute atomic E-state index is 13.3. The smallest absolute Gasteiger partial charge is 0.260 e. The number of furan rings is 1. The van der Waals surface area contributed by atoms with Crippen LogP contribution in [0.2, 0.25) is 0 Å². The summed E-state index contributed by atoms with van der Waals surface area (Å²) < 4.78 is 12.2. The Morgan fingerprint density at radius 3 is 2.79 bits per heavy atom. The zero-order valence-electron chi connectivity index (χ0n) is 15.7. The molecule has 28 heavy (non-hydrogen) atoms. The number of ether oxygens (including phenoxy) is 1. The highest BCUT2D eigenvalue weighted by Crippen LogP contribution is 2.35. The van der Waals surface area contributed by atoms with Crippen molar-refractivity contribution in [2.45, 2.75) is 20.4 Å². The summed E-state index contributed by atoms with van der Waals surface area (Å²) in [6, 6.07) is 17.1. The van der Waals surface area contributed by atoms with E-state index in [1.54, 1.807) is 11.2 Å². The van der Waals surface area contributed by atoms with Crippen LogP contribution in [0.1, 0.15) is 28.6 Å². The lowest BCUT2D eigenvalue weighted by atomic mass is 10.1. The van der Waals surface area contributed by atoms with E-state index >= 15 is 0 Å². The lowest BCUT2D eigenvalue weighted by Crippen LogP contribution is -2.30. The number of rotatable bonds is 6. The normalized spacial score (nSPS) is 10.9. The molecule has 0 atom stereocenters. The van der Waals surface area contributed by atoms with Crippen LogP contribution in [0.3, 0.4) is 0 Å². The van der Waals surface area contributed by atoms with Gasteiger partial charge in [0.25, 0.3) is 5.91 Å². The monoisotopic (exact) mass is 392 g/mol. The maximum Gasteiger partial charge on any atom is 0.260 e. The number of amides is 1. The molecule has 0 saturated heterocycles. The first-order chi connectivity index (χ1) is 13.7. The molecular weight excluding hydrogens is 372 g/mol. The molecule has 142 valence electrons. The molecule has 0 aliphatic rings. The summed E-state index contributed by atoms with van der Waals surface area (Å²) in [5.41, 5.74) is 2.42. The Bertz CT molecular complexity index is 1100. The molecule has 2 aromatic carbocycles. The quantitative estimate of drug-likeness (QED) is 0.438. The highest BCUT2D eigenvalue weighted by molar-refractivity contribution is 7.22. The number of carbonyl (C=O) groups is 1. The van der Waals surface area contributed by atoms with E-state index in [0.29, 0.717) is 29.6 Å². The largest absolute Gasteiger partial charge is 0.492 e. The summed E-state index contributed by atoms with van der Waals surface area (Å²) in [5, 5.41) is 0.616. The van der Waals surface area contributed by atoms with E-state index in [-0.39, 0.29) is 5.91 Å². The fourth-order valence-electron chi connectivity index (χ4n) is 3.02. The van der Waals surface area contributed by atoms with E-state index in [1.807, 2.05) is 68.4 Å². The number of hydrogen-bond donors (Lipinski definition) is 0. The lowest BCUT2D eigenvalue weighted by Gasteiger charge is -2.19. The van der Waals surface area contributed by atoms with Gasteiger partial charge in [-0.3, -0.25) is 9.69 Å². The molecule has 0 fully saturated rings. The van der Waals surface area contributed by atoms with Gasteiger partial charge in [-0.25, -0.2) is 4.98 Å². The Morgan fingerprint density at radius 1 is 1.18 bits per heavy atom. The average molecular weight is 392 g/mol. The van der Waals surface area contributed by atoms with Crippen LogP contribution in [0.25, 0.3) is 10.2 Å². The van der Waals surface area contributed by atoms with Crippen LogP contribution in [0.4, 0.5) is 5.13 Å². The number of aromatic nitrogens is 1. The minimum Gasteiger partial charge on any atom is -0.492 e. The Kier molecular flexibility index (Phi) is 5.12. The van der Waals surface area contributed by atoms with E-state index in [1.165, 1.54) is 11.3 Å². The minimum atomic E-state index is -0.114. The molecule has 0 unspecified atom stereocenters. The first-order valence-electron chi connectivity index (χ1n) is 9.09. The number of carbonyl (C=O) groups excluding carboxylic acids is 1. The van der Waals surface area contributed by atoms with Gasteiger partial charge in [0.2, 0.25) is 0 Å². The molecule has 4 rings (SSSR count). The van der Waals surface area contributed by atoms with Gasteiger partial charge < -0.3 is 9.15 Å². The van der Waals surface area contributed by atoms with Gasteiger partial charge in [0.1, 0.15) is 17.0 Å². The zero-order chi connectivity index (χ0) is 19.5. The van der Waals surface area contributed by atoms with E-state index in [4.69, 9.17) is 14.1 Å². The van der Waals surface area contributed by atoms with Crippen molar-refractivity contribution in [1.82, 2.24) is 4.98 Å². The number of nitrogens with zero attached hydrogens (tertiary/aromatic N) is 2. The molecular formula is C22H20N2O3S. The lowest BCUT2D eigenvalue weighted by molar-refractivity contribution is 0.0983. The highest BCUT2D eigenvalue weighted by atomic mass is 32.1. The number of anilines is 1. The molecule has 0 spiro atoms. The van der Waals surface area contributed by atoms with Crippen molar-refractivity contribution >= 4 is 32.6 Å². The fraction of sp³-hybridized carbons (Fsp3) is 0.182. The third kappa shape index (κ3) is 3.64. The number of fused-ring (bicyclic) bond motifs is 1. The van der Waals surface area contributed by atoms with Gasteiger partial charge in [-0.1, -0.05) is 35.1 Å². The van der Waals surface area contributed by atoms with E-state index in [0.717, 1.165) is 21.5 Å². The van der Waals surface area contributed by atoms with Gasteiger partial charge in [-0.05, 0) is 50.2 Å². The molecule has 0 radical (unpaired) electrons. The maximum atomic E-state index is 13.3. The Labute approximate surface area is 167 Å². The summed E-state index contributed by atoms with van der Waals surface area (Å²) in [7, 11) is 0. The second-order valence-electron chi connectivity index (χ2n) is 6.37. The molecule has 0 bridgehead atoms. The molecule has 2 aromatic heterocycles. The van der Waals surface area contributed by atoms with Gasteiger partial charge >= 0.3 is 0 Å². The minimum absolute atomic E-state index is 0.114. The Balaban J connectivity index is 1.78. The molecule has 0 saturated carbocycles. The van der Waals surface area contributed by atoms with E-state index in [9.17, 15) is 4.79 Å². The van der Waals surface area contributed by atoms with Crippen molar-refractivity contribution in [3.05, 3.63) is 77.7 Å². The standard InChI is InChI=1S/C22H20N2O3S/c1-3-26-18-10-5-11-19-20(18)23-22(28-19)24(14-17-9-6-12-27-17)21(25)16-8-4-7-15(2)13-16/h4-13H,3,14H2,1-2H3. The van der Waals surface area contributed by atoms with Crippen molar-refractivity contribution < 1.29 is 13.9 Å². The summed E-state index contributed by atoms with van der Waals surface area (Å²) in [5.74, 6) is 1.31. The molecule has 0 aliphatic carbocycles.